The van der Waals surface area contributed by atoms with Crippen LogP contribution in [0.2, 0.25) is 15.1 Å². The summed E-state index contributed by atoms with van der Waals surface area (Å²) in [5, 5.41) is 1.20. The Bertz CT molecular complexity index is 2990. The van der Waals surface area contributed by atoms with E-state index in [4.69, 9.17) is 70.2 Å². The Labute approximate surface area is 460 Å². The number of nitrogens with zero attached hydrogens (tertiary/aromatic N) is 4. The van der Waals surface area contributed by atoms with Crippen molar-refractivity contribution < 1.29 is 44.2 Å². The number of nitrogens with two attached hydrogens (primary N) is 1. The number of sulfonamides is 2. The standard InChI is InChI=1S/C16H18BrClN2O4S.C14H14BrClN2O3S.C9H11ClO3S.C5H4BrClN2.CH4/c1-11(2)24-13-4-6-14(7-5-13)25(21,22)20(10-23-3)15-8-12(18)9-19-16(15)17;1-9(2)21-11-3-5-12(6-4-11)22(19,20)18-13-7-10(16)8-17-14(13)15;1-7(2)13-8-3-5-9(6-4-8)14(10,11)12;6-5-4(8)1-3(7)2-9-5;/h4-9,11H,10H2,1-3H3;3-9,18H,1-2H3;3-7H,1-2H3;1-2H,8H2;1H4. The smallest absolute Gasteiger partial charge is 0.266 e. The zero-order valence-electron chi connectivity index (χ0n) is 38.2. The largest absolute Gasteiger partial charge is 0.491 e. The van der Waals surface area contributed by atoms with Crippen LogP contribution in [0.3, 0.4) is 0 Å². The van der Waals surface area contributed by atoms with Gasteiger partial charge in [0, 0.05) is 36.4 Å². The van der Waals surface area contributed by atoms with Crippen molar-refractivity contribution in [3.63, 3.8) is 0 Å². The van der Waals surface area contributed by atoms with Crippen LogP contribution in [0.1, 0.15) is 49.0 Å². The number of nitrogen functional groups attached to an aromatic ring is 1. The molecule has 0 atom stereocenters. The first-order chi connectivity index (χ1) is 32.6. The topological polar surface area (TPSA) is 219 Å². The Morgan fingerprint density at radius 1 is 0.592 bits per heavy atom. The van der Waals surface area contributed by atoms with Crippen LogP contribution in [-0.4, -0.2) is 72.4 Å². The summed E-state index contributed by atoms with van der Waals surface area (Å²) in [6, 6.07) is 23.0. The molecular weight excluding hydrogens is 1260 g/mol. The molecule has 0 spiro atoms. The molecule has 0 unspecified atom stereocenters. The van der Waals surface area contributed by atoms with Gasteiger partial charge in [-0.2, -0.15) is 0 Å². The molecule has 3 aromatic carbocycles. The summed E-state index contributed by atoms with van der Waals surface area (Å²) in [6.45, 7) is 11.2. The van der Waals surface area contributed by atoms with Crippen molar-refractivity contribution in [2.75, 3.05) is 28.6 Å². The summed E-state index contributed by atoms with van der Waals surface area (Å²) >= 11 is 26.9. The first-order valence-electron chi connectivity index (χ1n) is 20.1. The molecule has 0 aliphatic heterocycles. The van der Waals surface area contributed by atoms with Crippen LogP contribution in [0.25, 0.3) is 0 Å². The quantitative estimate of drug-likeness (QED) is 0.0555. The number of pyridine rings is 3. The maximum atomic E-state index is 13.0. The van der Waals surface area contributed by atoms with Crippen LogP contribution >= 0.6 is 93.3 Å². The van der Waals surface area contributed by atoms with Gasteiger partial charge >= 0.3 is 0 Å². The van der Waals surface area contributed by atoms with Gasteiger partial charge in [-0.15, -0.1) is 0 Å². The third kappa shape index (κ3) is 21.4. The van der Waals surface area contributed by atoms with E-state index in [1.54, 1.807) is 42.5 Å². The van der Waals surface area contributed by atoms with Crippen molar-refractivity contribution >= 4 is 139 Å². The second-order valence-electron chi connectivity index (χ2n) is 14.7. The number of methoxy groups -OCH3 is 1. The SMILES string of the molecule is C.CC(C)Oc1ccc(S(=O)(=O)Cl)cc1.CC(C)Oc1ccc(S(=O)(=O)Nc2cc(Cl)cnc2Br)cc1.COCN(c1cc(Cl)cnc1Br)S(=O)(=O)c1ccc(OC(C)C)cc1.Nc1cc(Cl)cnc1Br. The van der Waals surface area contributed by atoms with E-state index < -0.39 is 29.1 Å². The lowest BCUT2D eigenvalue weighted by molar-refractivity contribution is 0.209. The third-order valence-corrected chi connectivity index (χ3v) is 15.0. The van der Waals surface area contributed by atoms with E-state index in [1.165, 1.54) is 74.2 Å². The van der Waals surface area contributed by atoms with Crippen molar-refractivity contribution in [1.29, 1.82) is 0 Å². The molecule has 6 aromatic rings. The summed E-state index contributed by atoms with van der Waals surface area (Å²) in [7, 11) is -4.68. The summed E-state index contributed by atoms with van der Waals surface area (Å²) in [5.41, 5.74) is 6.55. The minimum atomic E-state index is -3.88. The minimum Gasteiger partial charge on any atom is -0.491 e. The monoisotopic (exact) mass is 1310 g/mol. The van der Waals surface area contributed by atoms with Gasteiger partial charge in [-0.3, -0.25) is 4.72 Å². The Morgan fingerprint density at radius 3 is 1.37 bits per heavy atom. The number of ether oxygens (including phenoxy) is 4. The molecule has 0 aliphatic rings. The first-order valence-corrected chi connectivity index (χ1v) is 28.8. The van der Waals surface area contributed by atoms with Crippen molar-refractivity contribution in [3.05, 3.63) is 138 Å². The second-order valence-corrected chi connectivity index (χ2v) is 24.4. The molecule has 71 heavy (non-hydrogen) atoms. The normalized spacial score (nSPS) is 11.2. The molecule has 16 nitrogen and oxygen atoms in total. The lowest BCUT2D eigenvalue weighted by Gasteiger charge is -2.24. The van der Waals surface area contributed by atoms with Gasteiger partial charge in [0.2, 0.25) is 0 Å². The van der Waals surface area contributed by atoms with Crippen LogP contribution in [-0.2, 0) is 33.8 Å². The van der Waals surface area contributed by atoms with E-state index in [2.05, 4.69) is 67.5 Å². The molecule has 3 heterocycles. The second kappa shape index (κ2) is 29.3. The highest BCUT2D eigenvalue weighted by molar-refractivity contribution is 9.11. The van der Waals surface area contributed by atoms with Crippen LogP contribution in [0.5, 0.6) is 17.2 Å². The number of benzene rings is 3. The Morgan fingerprint density at radius 2 is 0.972 bits per heavy atom. The number of hydrogen-bond acceptors (Lipinski definition) is 14. The van der Waals surface area contributed by atoms with Gasteiger partial charge < -0.3 is 24.7 Å². The summed E-state index contributed by atoms with van der Waals surface area (Å²) in [6.07, 6.45) is 4.46. The van der Waals surface area contributed by atoms with Gasteiger partial charge in [0.05, 0.1) is 65.1 Å². The Hall–Kier alpha value is -3.68. The number of halogens is 7. The lowest BCUT2D eigenvalue weighted by atomic mass is 10.3. The van der Waals surface area contributed by atoms with E-state index in [9.17, 15) is 25.3 Å². The van der Waals surface area contributed by atoms with Gasteiger partial charge in [-0.25, -0.2) is 44.5 Å². The van der Waals surface area contributed by atoms with Crippen molar-refractivity contribution in [3.8, 4) is 17.2 Å². The zero-order chi connectivity index (χ0) is 52.6. The molecule has 388 valence electrons. The van der Waals surface area contributed by atoms with E-state index in [1.807, 2.05) is 41.5 Å². The average molecular weight is 1310 g/mol. The Balaban J connectivity index is 0.000000342. The molecule has 0 aliphatic carbocycles. The summed E-state index contributed by atoms with van der Waals surface area (Å²) in [4.78, 5) is 12.1. The van der Waals surface area contributed by atoms with Gasteiger partial charge in [0.1, 0.15) is 37.8 Å². The van der Waals surface area contributed by atoms with Gasteiger partial charge in [0.25, 0.3) is 29.1 Å². The molecule has 0 radical (unpaired) electrons. The fourth-order valence-electron chi connectivity index (χ4n) is 5.12. The summed E-state index contributed by atoms with van der Waals surface area (Å²) < 4.78 is 98.9. The number of aromatic nitrogens is 3. The van der Waals surface area contributed by atoms with Gasteiger partial charge in [-0.1, -0.05) is 42.2 Å². The van der Waals surface area contributed by atoms with Crippen molar-refractivity contribution in [2.45, 2.75) is 82.0 Å². The van der Waals surface area contributed by atoms with Gasteiger partial charge in [0.15, 0.2) is 0 Å². The Kier molecular flexibility index (Phi) is 26.2. The molecule has 26 heteroatoms. The molecule has 6 rings (SSSR count). The van der Waals surface area contributed by atoms with Gasteiger partial charge in [-0.05, 0) is 180 Å². The summed E-state index contributed by atoms with van der Waals surface area (Å²) in [5.74, 6) is 1.83. The fourth-order valence-corrected chi connectivity index (χ4v) is 10.0. The third-order valence-electron chi connectivity index (χ3n) is 7.95. The molecule has 0 fully saturated rings. The molecule has 3 aromatic heterocycles. The van der Waals surface area contributed by atoms with Crippen molar-refractivity contribution in [2.24, 2.45) is 0 Å². The number of rotatable bonds is 15. The number of anilines is 3. The van der Waals surface area contributed by atoms with Crippen LogP contribution < -0.4 is 29.0 Å². The molecule has 0 bridgehead atoms. The van der Waals surface area contributed by atoms with E-state index in [-0.39, 0.29) is 58.5 Å². The highest BCUT2D eigenvalue weighted by atomic mass is 79.9. The molecule has 0 saturated carbocycles. The molecule has 0 amide bonds. The predicted octanol–water partition coefficient (Wildman–Crippen LogP) is 13.3. The first kappa shape index (κ1) is 63.4. The van der Waals surface area contributed by atoms with E-state index >= 15 is 0 Å². The van der Waals surface area contributed by atoms with Crippen LogP contribution in [0.4, 0.5) is 17.1 Å². The van der Waals surface area contributed by atoms with E-state index in [0.29, 0.717) is 51.8 Å². The zero-order valence-corrected chi connectivity index (χ0v) is 48.4. The van der Waals surface area contributed by atoms with Crippen LogP contribution in [0, 0.1) is 0 Å². The molecular formula is C45H51Br3Cl4N6O10S3. The lowest BCUT2D eigenvalue weighted by Crippen LogP contribution is -2.33. The minimum absolute atomic E-state index is 0. The maximum Gasteiger partial charge on any atom is 0.266 e. The van der Waals surface area contributed by atoms with E-state index in [0.717, 1.165) is 4.31 Å². The molecule has 0 saturated heterocycles. The fraction of sp³-hybridized carbons (Fsp3) is 0.267. The number of hydrogen-bond donors (Lipinski definition) is 2. The predicted molar refractivity (Wildman–Crippen MR) is 294 cm³/mol. The molecule has 3 N–H and O–H groups in total. The highest BCUT2D eigenvalue weighted by Crippen LogP contribution is 2.32. The number of nitrogens with one attached hydrogen (secondary N) is 1. The maximum absolute atomic E-state index is 13.0. The van der Waals surface area contributed by atoms with Crippen LogP contribution in [0.15, 0.2) is 138 Å². The van der Waals surface area contributed by atoms with Crippen molar-refractivity contribution in [1.82, 2.24) is 15.0 Å². The highest BCUT2D eigenvalue weighted by Gasteiger charge is 2.27. The average Bonchev–Trinajstić information content (AvgIpc) is 3.26.